The van der Waals surface area contributed by atoms with E-state index in [-0.39, 0.29) is 6.07 Å². The van der Waals surface area contributed by atoms with Crippen molar-refractivity contribution in [3.05, 3.63) is 59.2 Å². The van der Waals surface area contributed by atoms with Crippen molar-refractivity contribution >= 4 is 11.6 Å². The van der Waals surface area contributed by atoms with E-state index in [9.17, 15) is 35.5 Å². The Balaban J connectivity index is 2.35. The van der Waals surface area contributed by atoms with E-state index in [1.54, 1.807) is 5.32 Å². The van der Waals surface area contributed by atoms with E-state index in [4.69, 9.17) is 0 Å². The first-order valence-corrected chi connectivity index (χ1v) is 6.09. The molecular formula is C14H6F7NO2. The molecule has 2 rings (SSSR count). The largest absolute Gasteiger partial charge is 0.573 e. The third kappa shape index (κ3) is 3.76. The van der Waals surface area contributed by atoms with Crippen molar-refractivity contribution in [2.75, 3.05) is 5.32 Å². The highest BCUT2D eigenvalue weighted by Gasteiger charge is 2.32. The summed E-state index contributed by atoms with van der Waals surface area (Å²) in [5.41, 5.74) is -1.77. The van der Waals surface area contributed by atoms with Crippen LogP contribution in [0.25, 0.3) is 0 Å². The van der Waals surface area contributed by atoms with E-state index in [1.165, 1.54) is 6.07 Å². The Labute approximate surface area is 129 Å². The zero-order valence-corrected chi connectivity index (χ0v) is 11.3. The molecule has 0 saturated carbocycles. The molecule has 1 amide bonds. The van der Waals surface area contributed by atoms with Crippen molar-refractivity contribution in [1.29, 1.82) is 0 Å². The van der Waals surface area contributed by atoms with Crippen LogP contribution in [0, 0.1) is 23.3 Å². The summed E-state index contributed by atoms with van der Waals surface area (Å²) < 4.78 is 93.0. The molecule has 3 nitrogen and oxygen atoms in total. The number of para-hydroxylation sites is 2. The van der Waals surface area contributed by atoms with Crippen LogP contribution >= 0.6 is 0 Å². The quantitative estimate of drug-likeness (QED) is 0.505. The number of carbonyl (C=O) groups is 1. The van der Waals surface area contributed by atoms with Gasteiger partial charge in [0.15, 0.2) is 29.0 Å². The van der Waals surface area contributed by atoms with Gasteiger partial charge in [0.2, 0.25) is 0 Å². The lowest BCUT2D eigenvalue weighted by molar-refractivity contribution is -0.274. The van der Waals surface area contributed by atoms with Crippen LogP contribution in [-0.2, 0) is 0 Å². The van der Waals surface area contributed by atoms with Crippen LogP contribution in [-0.4, -0.2) is 12.3 Å². The molecular weight excluding hydrogens is 347 g/mol. The Morgan fingerprint density at radius 2 is 1.58 bits per heavy atom. The van der Waals surface area contributed by atoms with Crippen molar-refractivity contribution in [1.82, 2.24) is 0 Å². The van der Waals surface area contributed by atoms with Crippen molar-refractivity contribution in [2.24, 2.45) is 0 Å². The predicted octanol–water partition coefficient (Wildman–Crippen LogP) is 4.39. The highest BCUT2D eigenvalue weighted by Crippen LogP contribution is 2.30. The van der Waals surface area contributed by atoms with Gasteiger partial charge in [0.05, 0.1) is 11.3 Å². The minimum atomic E-state index is -5.07. The molecule has 0 unspecified atom stereocenters. The van der Waals surface area contributed by atoms with Gasteiger partial charge in [-0.3, -0.25) is 4.79 Å². The monoisotopic (exact) mass is 353 g/mol. The first kappa shape index (κ1) is 17.6. The van der Waals surface area contributed by atoms with Gasteiger partial charge in [-0.05, 0) is 18.2 Å². The van der Waals surface area contributed by atoms with E-state index in [2.05, 4.69) is 4.74 Å². The number of hydrogen-bond donors (Lipinski definition) is 1. The van der Waals surface area contributed by atoms with Crippen LogP contribution in [0.15, 0.2) is 30.3 Å². The predicted molar refractivity (Wildman–Crippen MR) is 67.4 cm³/mol. The Bertz CT molecular complexity index is 789. The van der Waals surface area contributed by atoms with Crippen LogP contribution in [0.2, 0.25) is 0 Å². The van der Waals surface area contributed by atoms with Gasteiger partial charge in [-0.1, -0.05) is 12.1 Å². The third-order valence-electron chi connectivity index (χ3n) is 2.71. The molecule has 128 valence electrons. The number of carbonyl (C=O) groups excluding carboxylic acids is 1. The van der Waals surface area contributed by atoms with Gasteiger partial charge >= 0.3 is 6.36 Å². The van der Waals surface area contributed by atoms with Crippen LogP contribution in [0.5, 0.6) is 5.75 Å². The third-order valence-corrected chi connectivity index (χ3v) is 2.71. The smallest absolute Gasteiger partial charge is 0.404 e. The first-order valence-electron chi connectivity index (χ1n) is 6.09. The highest BCUT2D eigenvalue weighted by molar-refractivity contribution is 6.05. The van der Waals surface area contributed by atoms with Crippen LogP contribution < -0.4 is 10.1 Å². The number of nitrogens with one attached hydrogen (secondary N) is 1. The number of anilines is 1. The average Bonchev–Trinajstić information content (AvgIpc) is 2.49. The van der Waals surface area contributed by atoms with Gasteiger partial charge in [0, 0.05) is 0 Å². The summed E-state index contributed by atoms with van der Waals surface area (Å²) in [7, 11) is 0. The molecule has 0 heterocycles. The summed E-state index contributed by atoms with van der Waals surface area (Å²) in [4.78, 5) is 11.8. The van der Waals surface area contributed by atoms with E-state index in [0.717, 1.165) is 18.2 Å². The van der Waals surface area contributed by atoms with Gasteiger partial charge in [-0.2, -0.15) is 0 Å². The fraction of sp³-hybridized carbons (Fsp3) is 0.0714. The van der Waals surface area contributed by atoms with Crippen LogP contribution in [0.4, 0.5) is 36.4 Å². The molecule has 0 aliphatic heterocycles. The fourth-order valence-electron chi connectivity index (χ4n) is 1.71. The summed E-state index contributed by atoms with van der Waals surface area (Å²) >= 11 is 0. The molecule has 0 radical (unpaired) electrons. The molecule has 0 saturated heterocycles. The van der Waals surface area contributed by atoms with Gasteiger partial charge in [-0.25, -0.2) is 17.6 Å². The number of hydrogen-bond acceptors (Lipinski definition) is 2. The zero-order chi connectivity index (χ0) is 18.1. The molecule has 1 N–H and O–H groups in total. The lowest BCUT2D eigenvalue weighted by Crippen LogP contribution is -2.20. The lowest BCUT2D eigenvalue weighted by Gasteiger charge is -2.14. The van der Waals surface area contributed by atoms with Crippen molar-refractivity contribution in [2.45, 2.75) is 6.36 Å². The maximum atomic E-state index is 13.5. The molecule has 0 bridgehead atoms. The minimum absolute atomic E-state index is 0.0797. The summed E-state index contributed by atoms with van der Waals surface area (Å²) in [5.74, 6) is -10.5. The van der Waals surface area contributed by atoms with E-state index < -0.39 is 52.5 Å². The summed E-state index contributed by atoms with van der Waals surface area (Å²) in [6.07, 6.45) is -5.07. The van der Waals surface area contributed by atoms with Gasteiger partial charge in [0.1, 0.15) is 0 Å². The molecule has 0 fully saturated rings. The molecule has 0 aliphatic rings. The molecule has 0 aliphatic carbocycles. The number of benzene rings is 2. The molecule has 2 aromatic carbocycles. The lowest BCUT2D eigenvalue weighted by atomic mass is 10.1. The van der Waals surface area contributed by atoms with Crippen molar-refractivity contribution < 1.29 is 40.3 Å². The highest BCUT2D eigenvalue weighted by atomic mass is 19.4. The SMILES string of the molecule is O=C(Nc1ccccc1OC(F)(F)F)c1cc(F)c(F)c(F)c1F. The molecule has 2 aromatic rings. The fourth-order valence-corrected chi connectivity index (χ4v) is 1.71. The molecule has 0 spiro atoms. The molecule has 0 atom stereocenters. The van der Waals surface area contributed by atoms with E-state index in [1.807, 2.05) is 0 Å². The van der Waals surface area contributed by atoms with Crippen molar-refractivity contribution in [3.63, 3.8) is 0 Å². The maximum absolute atomic E-state index is 13.5. The van der Waals surface area contributed by atoms with E-state index in [0.29, 0.717) is 0 Å². The zero-order valence-electron chi connectivity index (χ0n) is 11.3. The second-order valence-electron chi connectivity index (χ2n) is 4.35. The topological polar surface area (TPSA) is 38.3 Å². The normalized spacial score (nSPS) is 11.3. The Kier molecular flexibility index (Phi) is 4.67. The summed E-state index contributed by atoms with van der Waals surface area (Å²) in [5, 5.41) is 1.80. The Morgan fingerprint density at radius 1 is 0.958 bits per heavy atom. The maximum Gasteiger partial charge on any atom is 0.573 e. The van der Waals surface area contributed by atoms with Gasteiger partial charge < -0.3 is 10.1 Å². The van der Waals surface area contributed by atoms with Crippen LogP contribution in [0.1, 0.15) is 10.4 Å². The number of ether oxygens (including phenoxy) is 1. The second-order valence-corrected chi connectivity index (χ2v) is 4.35. The summed E-state index contributed by atoms with van der Waals surface area (Å²) in [6, 6.07) is 4.30. The van der Waals surface area contributed by atoms with Gasteiger partial charge in [-0.15, -0.1) is 13.2 Å². The standard InChI is InChI=1S/C14H6F7NO2/c15-7-5-6(10(16)12(18)11(7)17)13(23)22-8-3-1-2-4-9(8)24-14(19,20)21/h1-5H,(H,22,23). The van der Waals surface area contributed by atoms with Crippen LogP contribution in [0.3, 0.4) is 0 Å². The van der Waals surface area contributed by atoms with Gasteiger partial charge in [0.25, 0.3) is 5.91 Å². The molecule has 24 heavy (non-hydrogen) atoms. The number of alkyl halides is 3. The van der Waals surface area contributed by atoms with Crippen molar-refractivity contribution in [3.8, 4) is 5.75 Å². The van der Waals surface area contributed by atoms with E-state index >= 15 is 0 Å². The Hall–Kier alpha value is -2.78. The second kappa shape index (κ2) is 6.38. The number of rotatable bonds is 3. The average molecular weight is 353 g/mol. The summed E-state index contributed by atoms with van der Waals surface area (Å²) in [6.45, 7) is 0. The minimum Gasteiger partial charge on any atom is -0.404 e. The molecule has 10 heteroatoms. The number of amides is 1. The molecule has 0 aromatic heterocycles. The Morgan fingerprint density at radius 3 is 2.21 bits per heavy atom. The first-order chi connectivity index (χ1) is 11.1. The number of halogens is 7.